The Labute approximate surface area is 182 Å². The molecular formula is C25H38O4Si. The summed E-state index contributed by atoms with van der Waals surface area (Å²) < 4.78 is 13.0. The highest BCUT2D eigenvalue weighted by atomic mass is 28.4. The average Bonchev–Trinajstić information content (AvgIpc) is 2.60. The lowest BCUT2D eigenvalue weighted by Gasteiger charge is -2.59. The summed E-state index contributed by atoms with van der Waals surface area (Å²) in [4.78, 5) is 11.8. The van der Waals surface area contributed by atoms with Crippen molar-refractivity contribution in [3.8, 4) is 5.75 Å². The number of methoxy groups -OCH3 is 1. The second-order valence-electron chi connectivity index (χ2n) is 10.6. The molecule has 30 heavy (non-hydrogen) atoms. The lowest BCUT2D eigenvalue weighted by Crippen LogP contribution is -2.71. The van der Waals surface area contributed by atoms with Crippen LogP contribution in [0.15, 0.2) is 36.4 Å². The van der Waals surface area contributed by atoms with Gasteiger partial charge in [-0.05, 0) is 52.9 Å². The van der Waals surface area contributed by atoms with Crippen molar-refractivity contribution in [3.05, 3.63) is 42.0 Å². The quantitative estimate of drug-likeness (QED) is 0.364. The van der Waals surface area contributed by atoms with Crippen LogP contribution >= 0.6 is 0 Å². The minimum absolute atomic E-state index is 0.0697. The molecular weight excluding hydrogens is 392 g/mol. The van der Waals surface area contributed by atoms with Gasteiger partial charge in [0.1, 0.15) is 5.75 Å². The highest BCUT2D eigenvalue weighted by molar-refractivity contribution is 6.74. The standard InChI is InChI=1S/C25H38O4Si/c1-17(2)24(18(3)4)25(26-8,29-28-24)21-15-19-13-11-12-14-20(19)16-22(21)27-30(9,10)23(5,6)7/h11-18H,1-10H3. The number of hydrogen-bond acceptors (Lipinski definition) is 4. The normalized spacial score (nSPS) is 21.9. The van der Waals surface area contributed by atoms with Crippen LogP contribution in [0, 0.1) is 11.8 Å². The Morgan fingerprint density at radius 2 is 1.43 bits per heavy atom. The van der Waals surface area contributed by atoms with Gasteiger partial charge in [-0.2, -0.15) is 4.89 Å². The zero-order valence-electron chi connectivity index (χ0n) is 20.3. The zero-order chi connectivity index (χ0) is 22.5. The van der Waals surface area contributed by atoms with Crippen molar-refractivity contribution >= 4 is 19.1 Å². The van der Waals surface area contributed by atoms with E-state index < -0.39 is 19.7 Å². The molecule has 0 bridgehead atoms. The van der Waals surface area contributed by atoms with E-state index in [1.165, 1.54) is 0 Å². The Hall–Kier alpha value is -1.40. The fraction of sp³-hybridized carbons (Fsp3) is 0.600. The molecule has 0 aromatic heterocycles. The molecule has 0 spiro atoms. The van der Waals surface area contributed by atoms with Crippen molar-refractivity contribution < 1.29 is 18.9 Å². The van der Waals surface area contributed by atoms with E-state index in [0.29, 0.717) is 0 Å². The van der Waals surface area contributed by atoms with Crippen molar-refractivity contribution in [1.82, 2.24) is 0 Å². The smallest absolute Gasteiger partial charge is 0.264 e. The van der Waals surface area contributed by atoms with E-state index in [9.17, 15) is 0 Å². The van der Waals surface area contributed by atoms with Crippen LogP contribution in [0.2, 0.25) is 18.1 Å². The Morgan fingerprint density at radius 1 is 0.900 bits per heavy atom. The number of rotatable bonds is 6. The van der Waals surface area contributed by atoms with Crippen LogP contribution in [0.1, 0.15) is 54.0 Å². The van der Waals surface area contributed by atoms with Crippen LogP contribution < -0.4 is 4.43 Å². The molecule has 5 heteroatoms. The Balaban J connectivity index is 2.28. The molecule has 1 aliphatic heterocycles. The molecule has 166 valence electrons. The van der Waals surface area contributed by atoms with E-state index in [4.69, 9.17) is 18.9 Å². The van der Waals surface area contributed by atoms with E-state index in [0.717, 1.165) is 22.1 Å². The second-order valence-corrected chi connectivity index (χ2v) is 15.4. The Kier molecular flexibility index (Phi) is 5.91. The largest absolute Gasteiger partial charge is 0.543 e. The molecule has 3 rings (SSSR count). The first-order valence-corrected chi connectivity index (χ1v) is 13.9. The molecule has 1 heterocycles. The van der Waals surface area contributed by atoms with Crippen LogP contribution in [0.4, 0.5) is 0 Å². The third-order valence-corrected chi connectivity index (χ3v) is 11.5. The summed E-state index contributed by atoms with van der Waals surface area (Å²) in [5, 5.41) is 2.34. The molecule has 0 radical (unpaired) electrons. The van der Waals surface area contributed by atoms with E-state index in [-0.39, 0.29) is 16.9 Å². The highest BCUT2D eigenvalue weighted by Crippen LogP contribution is 2.59. The van der Waals surface area contributed by atoms with Crippen LogP contribution in [0.25, 0.3) is 10.8 Å². The molecule has 2 aromatic rings. The molecule has 1 saturated heterocycles. The average molecular weight is 431 g/mol. The van der Waals surface area contributed by atoms with Gasteiger partial charge in [0, 0.05) is 7.11 Å². The maximum Gasteiger partial charge on any atom is 0.264 e. The van der Waals surface area contributed by atoms with Crippen molar-refractivity contribution in [2.45, 2.75) is 78.0 Å². The van der Waals surface area contributed by atoms with Crippen LogP contribution in [0.3, 0.4) is 0 Å². The Morgan fingerprint density at radius 3 is 1.83 bits per heavy atom. The molecule has 1 fully saturated rings. The van der Waals surface area contributed by atoms with E-state index in [1.54, 1.807) is 7.11 Å². The maximum absolute atomic E-state index is 6.87. The number of benzene rings is 2. The SMILES string of the molecule is COC1(c2cc3ccccc3cc2O[Si](C)(C)C(C)(C)C)OOC1(C(C)C)C(C)C. The van der Waals surface area contributed by atoms with Gasteiger partial charge in [-0.1, -0.05) is 72.7 Å². The summed E-state index contributed by atoms with van der Waals surface area (Å²) in [7, 11) is -0.396. The molecule has 0 saturated carbocycles. The monoisotopic (exact) mass is 430 g/mol. The molecule has 0 aliphatic carbocycles. The summed E-state index contributed by atoms with van der Waals surface area (Å²) in [5.41, 5.74) is 0.289. The topological polar surface area (TPSA) is 36.9 Å². The van der Waals surface area contributed by atoms with Gasteiger partial charge in [-0.25, -0.2) is 4.89 Å². The molecule has 1 aliphatic rings. The van der Waals surface area contributed by atoms with E-state index >= 15 is 0 Å². The first kappa shape index (κ1) is 23.3. The third kappa shape index (κ3) is 3.31. The summed E-state index contributed by atoms with van der Waals surface area (Å²) in [6, 6.07) is 12.6. The number of ether oxygens (including phenoxy) is 1. The van der Waals surface area contributed by atoms with Gasteiger partial charge in [-0.15, -0.1) is 0 Å². The van der Waals surface area contributed by atoms with E-state index in [2.05, 4.69) is 98.0 Å². The minimum atomic E-state index is -2.10. The summed E-state index contributed by atoms with van der Waals surface area (Å²) in [5.74, 6) is 0.157. The minimum Gasteiger partial charge on any atom is -0.543 e. The fourth-order valence-corrected chi connectivity index (χ4v) is 5.41. The van der Waals surface area contributed by atoms with E-state index in [1.807, 2.05) is 0 Å². The van der Waals surface area contributed by atoms with Gasteiger partial charge >= 0.3 is 0 Å². The summed E-state index contributed by atoms with van der Waals surface area (Å²) >= 11 is 0. The predicted octanol–water partition coefficient (Wildman–Crippen LogP) is 7.04. The second kappa shape index (κ2) is 7.63. The predicted molar refractivity (Wildman–Crippen MR) is 125 cm³/mol. The fourth-order valence-electron chi connectivity index (χ4n) is 4.38. The molecule has 0 N–H and O–H groups in total. The lowest BCUT2D eigenvalue weighted by molar-refractivity contribution is -0.634. The van der Waals surface area contributed by atoms with Gasteiger partial charge in [-0.3, -0.25) is 0 Å². The number of fused-ring (bicyclic) bond motifs is 1. The van der Waals surface area contributed by atoms with Gasteiger partial charge in [0.05, 0.1) is 5.56 Å². The van der Waals surface area contributed by atoms with Crippen LogP contribution in [-0.2, 0) is 20.3 Å². The van der Waals surface area contributed by atoms with Gasteiger partial charge in [0.2, 0.25) is 8.32 Å². The van der Waals surface area contributed by atoms with Crippen molar-refractivity contribution in [1.29, 1.82) is 0 Å². The zero-order valence-corrected chi connectivity index (χ0v) is 21.3. The third-order valence-electron chi connectivity index (χ3n) is 7.19. The maximum atomic E-state index is 6.87. The van der Waals surface area contributed by atoms with Crippen molar-refractivity contribution in [2.24, 2.45) is 11.8 Å². The first-order valence-electron chi connectivity index (χ1n) is 11.0. The Bertz CT molecular complexity index is 901. The van der Waals surface area contributed by atoms with Crippen LogP contribution in [0.5, 0.6) is 5.75 Å². The summed E-state index contributed by atoms with van der Waals surface area (Å²) in [6.45, 7) is 19.9. The molecule has 2 aromatic carbocycles. The summed E-state index contributed by atoms with van der Waals surface area (Å²) in [6.07, 6.45) is 0. The molecule has 1 atom stereocenters. The molecule has 4 nitrogen and oxygen atoms in total. The van der Waals surface area contributed by atoms with Gasteiger partial charge < -0.3 is 9.16 Å². The number of hydrogen-bond donors (Lipinski definition) is 0. The van der Waals surface area contributed by atoms with Crippen LogP contribution in [-0.4, -0.2) is 21.0 Å². The van der Waals surface area contributed by atoms with Gasteiger partial charge in [0.15, 0.2) is 5.60 Å². The molecule has 0 amide bonds. The first-order chi connectivity index (χ1) is 13.8. The van der Waals surface area contributed by atoms with Crippen molar-refractivity contribution in [2.75, 3.05) is 7.11 Å². The highest BCUT2D eigenvalue weighted by Gasteiger charge is 2.70. The van der Waals surface area contributed by atoms with Crippen molar-refractivity contribution in [3.63, 3.8) is 0 Å². The molecule has 1 unspecified atom stereocenters. The van der Waals surface area contributed by atoms with Gasteiger partial charge in [0.25, 0.3) is 5.79 Å². The lowest BCUT2D eigenvalue weighted by atomic mass is 9.69.